The Morgan fingerprint density at radius 1 is 1.04 bits per heavy atom. The number of hydrogen-bond donors (Lipinski definition) is 0. The summed E-state index contributed by atoms with van der Waals surface area (Å²) in [6.07, 6.45) is 0. The molecule has 2 aromatic carbocycles. The number of aryl methyl sites for hydroxylation is 1. The third-order valence-electron chi connectivity index (χ3n) is 3.58. The van der Waals surface area contributed by atoms with Crippen LogP contribution in [0.1, 0.15) is 20.8 Å². The molecule has 0 spiro atoms. The fourth-order valence-electron chi connectivity index (χ4n) is 2.31. The Balaban J connectivity index is 1.95. The molecule has 1 heterocycles. The Hall–Kier alpha value is -2.10. The maximum Gasteiger partial charge on any atom is 0.258 e. The molecule has 0 bridgehead atoms. The summed E-state index contributed by atoms with van der Waals surface area (Å²) in [6.45, 7) is 2.59. The molecule has 0 fully saturated rings. The molecule has 0 atom stereocenters. The first-order valence-electron chi connectivity index (χ1n) is 7.30. The summed E-state index contributed by atoms with van der Waals surface area (Å²) in [5.41, 5.74) is 2.69. The lowest BCUT2D eigenvalue weighted by Gasteiger charge is -2.22. The third-order valence-corrected chi connectivity index (χ3v) is 4.69. The van der Waals surface area contributed by atoms with Gasteiger partial charge in [0.2, 0.25) is 0 Å². The highest BCUT2D eigenvalue weighted by atomic mass is 35.5. The molecule has 116 valence electrons. The molecule has 0 N–H and O–H groups in total. The van der Waals surface area contributed by atoms with Crippen LogP contribution in [0.5, 0.6) is 0 Å². The van der Waals surface area contributed by atoms with E-state index >= 15 is 0 Å². The number of anilines is 1. The van der Waals surface area contributed by atoms with E-state index in [-0.39, 0.29) is 5.91 Å². The molecule has 0 aliphatic rings. The summed E-state index contributed by atoms with van der Waals surface area (Å²) in [4.78, 5) is 15.9. The second kappa shape index (κ2) is 6.99. The summed E-state index contributed by atoms with van der Waals surface area (Å²) in [5.74, 6) is -0.0288. The predicted octanol–water partition coefficient (Wildman–Crippen LogP) is 5.56. The minimum absolute atomic E-state index is 0.0288. The number of carbonyl (C=O) groups excluding carboxylic acids is 1. The van der Waals surface area contributed by atoms with Crippen LogP contribution in [0, 0.1) is 6.92 Å². The SMILES string of the molecule is Cc1ccc(N(Cc2cccs2)C(=O)c2ccc(Cl)cc2)cc1. The summed E-state index contributed by atoms with van der Waals surface area (Å²) < 4.78 is 0. The average molecular weight is 342 g/mol. The highest BCUT2D eigenvalue weighted by molar-refractivity contribution is 7.09. The molecular weight excluding hydrogens is 326 g/mol. The van der Waals surface area contributed by atoms with Crippen LogP contribution in [0.2, 0.25) is 5.02 Å². The summed E-state index contributed by atoms with van der Waals surface area (Å²) in [7, 11) is 0. The van der Waals surface area contributed by atoms with E-state index in [4.69, 9.17) is 11.6 Å². The van der Waals surface area contributed by atoms with E-state index in [0.717, 1.165) is 10.6 Å². The number of hydrogen-bond acceptors (Lipinski definition) is 2. The van der Waals surface area contributed by atoms with E-state index in [1.165, 1.54) is 5.56 Å². The Morgan fingerprint density at radius 3 is 2.35 bits per heavy atom. The second-order valence-corrected chi connectivity index (χ2v) is 6.78. The van der Waals surface area contributed by atoms with Crippen molar-refractivity contribution in [3.8, 4) is 0 Å². The molecule has 3 rings (SSSR count). The Bertz CT molecular complexity index is 779. The average Bonchev–Trinajstić information content (AvgIpc) is 3.07. The molecular formula is C19H16ClNOS. The fourth-order valence-corrected chi connectivity index (χ4v) is 3.13. The van der Waals surface area contributed by atoms with Gasteiger partial charge in [0, 0.05) is 21.2 Å². The monoisotopic (exact) mass is 341 g/mol. The molecule has 23 heavy (non-hydrogen) atoms. The number of rotatable bonds is 4. The number of amides is 1. The quantitative estimate of drug-likeness (QED) is 0.608. The van der Waals surface area contributed by atoms with Gasteiger partial charge in [-0.15, -0.1) is 11.3 Å². The van der Waals surface area contributed by atoms with Gasteiger partial charge in [0.05, 0.1) is 6.54 Å². The minimum atomic E-state index is -0.0288. The predicted molar refractivity (Wildman–Crippen MR) is 97.5 cm³/mol. The van der Waals surface area contributed by atoms with Crippen LogP contribution >= 0.6 is 22.9 Å². The van der Waals surface area contributed by atoms with Crippen LogP contribution in [0.15, 0.2) is 66.0 Å². The van der Waals surface area contributed by atoms with Gasteiger partial charge in [0.1, 0.15) is 0 Å². The first-order chi connectivity index (χ1) is 11.1. The van der Waals surface area contributed by atoms with Crippen molar-refractivity contribution in [2.75, 3.05) is 4.90 Å². The number of thiophene rings is 1. The van der Waals surface area contributed by atoms with Crippen LogP contribution in [0.3, 0.4) is 0 Å². The Labute approximate surface area is 145 Å². The van der Waals surface area contributed by atoms with Crippen molar-refractivity contribution in [1.29, 1.82) is 0 Å². The number of benzene rings is 2. The van der Waals surface area contributed by atoms with E-state index in [2.05, 4.69) is 0 Å². The Kier molecular flexibility index (Phi) is 4.79. The lowest BCUT2D eigenvalue weighted by Crippen LogP contribution is -2.30. The van der Waals surface area contributed by atoms with Crippen molar-refractivity contribution >= 4 is 34.5 Å². The summed E-state index contributed by atoms with van der Waals surface area (Å²) in [5, 5.41) is 2.65. The summed E-state index contributed by atoms with van der Waals surface area (Å²) in [6, 6.07) is 19.1. The first kappa shape index (κ1) is 15.8. The molecule has 2 nitrogen and oxygen atoms in total. The lowest BCUT2D eigenvalue weighted by molar-refractivity contribution is 0.0985. The van der Waals surface area contributed by atoms with Crippen LogP contribution in [0.25, 0.3) is 0 Å². The lowest BCUT2D eigenvalue weighted by atomic mass is 10.1. The van der Waals surface area contributed by atoms with Gasteiger partial charge in [0.25, 0.3) is 5.91 Å². The van der Waals surface area contributed by atoms with Crippen LogP contribution < -0.4 is 4.90 Å². The topological polar surface area (TPSA) is 20.3 Å². The molecule has 1 amide bonds. The number of carbonyl (C=O) groups is 1. The molecule has 0 aliphatic heterocycles. The molecule has 1 aromatic heterocycles. The zero-order chi connectivity index (χ0) is 16.2. The number of nitrogens with zero attached hydrogens (tertiary/aromatic N) is 1. The first-order valence-corrected chi connectivity index (χ1v) is 8.56. The third kappa shape index (κ3) is 3.81. The van der Waals surface area contributed by atoms with Crippen LogP contribution in [-0.2, 0) is 6.54 Å². The molecule has 0 aliphatic carbocycles. The van der Waals surface area contributed by atoms with Gasteiger partial charge >= 0.3 is 0 Å². The molecule has 0 unspecified atom stereocenters. The second-order valence-electron chi connectivity index (χ2n) is 5.31. The largest absolute Gasteiger partial charge is 0.303 e. The molecule has 4 heteroatoms. The van der Waals surface area contributed by atoms with Gasteiger partial charge in [-0.2, -0.15) is 0 Å². The van der Waals surface area contributed by atoms with Crippen molar-refractivity contribution in [1.82, 2.24) is 0 Å². The van der Waals surface area contributed by atoms with Crippen LogP contribution in [-0.4, -0.2) is 5.91 Å². The normalized spacial score (nSPS) is 10.5. The van der Waals surface area contributed by atoms with Crippen molar-refractivity contribution < 1.29 is 4.79 Å². The maximum absolute atomic E-state index is 13.0. The highest BCUT2D eigenvalue weighted by Crippen LogP contribution is 2.23. The molecule has 0 saturated heterocycles. The van der Waals surface area contributed by atoms with Crippen molar-refractivity contribution in [2.24, 2.45) is 0 Å². The van der Waals surface area contributed by atoms with Gasteiger partial charge in [-0.05, 0) is 54.8 Å². The fraction of sp³-hybridized carbons (Fsp3) is 0.105. The van der Waals surface area contributed by atoms with E-state index in [1.54, 1.807) is 40.5 Å². The smallest absolute Gasteiger partial charge is 0.258 e. The summed E-state index contributed by atoms with van der Waals surface area (Å²) >= 11 is 7.57. The van der Waals surface area contributed by atoms with Crippen molar-refractivity contribution in [3.05, 3.63) is 87.1 Å². The van der Waals surface area contributed by atoms with Gasteiger partial charge in [-0.25, -0.2) is 0 Å². The van der Waals surface area contributed by atoms with Gasteiger partial charge in [-0.3, -0.25) is 4.79 Å². The Morgan fingerprint density at radius 2 is 1.74 bits per heavy atom. The molecule has 0 radical (unpaired) electrons. The maximum atomic E-state index is 13.0. The molecule has 0 saturated carbocycles. The molecule has 3 aromatic rings. The van der Waals surface area contributed by atoms with Crippen molar-refractivity contribution in [3.63, 3.8) is 0 Å². The van der Waals surface area contributed by atoms with E-state index < -0.39 is 0 Å². The minimum Gasteiger partial charge on any atom is -0.303 e. The van der Waals surface area contributed by atoms with Gasteiger partial charge in [0.15, 0.2) is 0 Å². The van der Waals surface area contributed by atoms with Gasteiger partial charge in [-0.1, -0.05) is 35.4 Å². The van der Waals surface area contributed by atoms with Crippen molar-refractivity contribution in [2.45, 2.75) is 13.5 Å². The van der Waals surface area contributed by atoms with Gasteiger partial charge < -0.3 is 4.90 Å². The van der Waals surface area contributed by atoms with E-state index in [0.29, 0.717) is 17.1 Å². The van der Waals surface area contributed by atoms with E-state index in [1.807, 2.05) is 48.7 Å². The zero-order valence-electron chi connectivity index (χ0n) is 12.7. The van der Waals surface area contributed by atoms with Crippen LogP contribution in [0.4, 0.5) is 5.69 Å². The zero-order valence-corrected chi connectivity index (χ0v) is 14.3. The van der Waals surface area contributed by atoms with E-state index in [9.17, 15) is 4.79 Å². The number of halogens is 1. The standard InChI is InChI=1S/C19H16ClNOS/c1-14-4-10-17(11-5-14)21(13-18-3-2-12-23-18)19(22)15-6-8-16(20)9-7-15/h2-12H,13H2,1H3. The highest BCUT2D eigenvalue weighted by Gasteiger charge is 2.18.